The van der Waals surface area contributed by atoms with E-state index in [1.165, 1.54) is 7.11 Å². The van der Waals surface area contributed by atoms with Gasteiger partial charge in [0.25, 0.3) is 0 Å². The van der Waals surface area contributed by atoms with Crippen LogP contribution in [0.25, 0.3) is 0 Å². The molecule has 0 aromatic carbocycles. The van der Waals surface area contributed by atoms with Crippen LogP contribution in [0.1, 0.15) is 30.8 Å². The van der Waals surface area contributed by atoms with E-state index in [4.69, 9.17) is 19.7 Å². The van der Waals surface area contributed by atoms with Gasteiger partial charge in [-0.15, -0.1) is 0 Å². The van der Waals surface area contributed by atoms with Crippen molar-refractivity contribution in [1.29, 1.82) is 0 Å². The lowest BCUT2D eigenvalue weighted by Gasteiger charge is -2.16. The smallest absolute Gasteiger partial charge is 0.490 e. The molecule has 12 heteroatoms. The zero-order valence-corrected chi connectivity index (χ0v) is 14.2. The second-order valence-corrected chi connectivity index (χ2v) is 5.38. The number of carboxylic acid groups (broad SMARTS) is 2. The summed E-state index contributed by atoms with van der Waals surface area (Å²) in [6, 6.07) is 0. The van der Waals surface area contributed by atoms with Crippen molar-refractivity contribution < 1.29 is 42.8 Å². The van der Waals surface area contributed by atoms with Gasteiger partial charge in [0.15, 0.2) is 17.3 Å². The number of nitrogens with zero attached hydrogens (tertiary/aromatic N) is 2. The largest absolute Gasteiger partial charge is 0.491 e. The van der Waals surface area contributed by atoms with Gasteiger partial charge in [-0.05, 0) is 12.3 Å². The van der Waals surface area contributed by atoms with E-state index >= 15 is 0 Å². The lowest BCUT2D eigenvalue weighted by atomic mass is 10.1. The van der Waals surface area contributed by atoms with Crippen molar-refractivity contribution in [1.82, 2.24) is 9.97 Å². The number of carbonyl (C=O) groups is 2. The normalized spacial score (nSPS) is 12.0. The number of nitrogens with one attached hydrogen (secondary N) is 1. The number of aliphatic carboxylic acids is 1. The molecule has 148 valence electrons. The summed E-state index contributed by atoms with van der Waals surface area (Å²) in [7, 11) is 1.35. The van der Waals surface area contributed by atoms with Crippen LogP contribution in [-0.4, -0.2) is 63.2 Å². The Morgan fingerprint density at radius 3 is 2.19 bits per heavy atom. The summed E-state index contributed by atoms with van der Waals surface area (Å²) < 4.78 is 36.7. The third kappa shape index (κ3) is 8.46. The van der Waals surface area contributed by atoms with Gasteiger partial charge < -0.3 is 25.4 Å². The molecule has 1 aromatic heterocycles. The molecule has 0 spiro atoms. The Labute approximate surface area is 146 Å². The average molecular weight is 383 g/mol. The van der Waals surface area contributed by atoms with Crippen molar-refractivity contribution in [3.05, 3.63) is 12.0 Å². The standard InChI is InChI=1S/C12H19N3O4.C2HF3O2/c1-7(2)4-8(16)5-13-11-10(19-3)9(12(17)18)14-6-15-11;3-2(4,5)1(6)7/h6-8,16H,4-5H2,1-3H3,(H,17,18)(H,13,14,15);(H,6,7). The van der Waals surface area contributed by atoms with E-state index in [9.17, 15) is 23.1 Å². The summed E-state index contributed by atoms with van der Waals surface area (Å²) in [6.45, 7) is 4.29. The number of ether oxygens (including phenoxy) is 1. The highest BCUT2D eigenvalue weighted by Crippen LogP contribution is 2.24. The predicted molar refractivity (Wildman–Crippen MR) is 83.2 cm³/mol. The number of aliphatic hydroxyl groups is 1. The van der Waals surface area contributed by atoms with Crippen LogP contribution in [0, 0.1) is 5.92 Å². The third-order valence-electron chi connectivity index (χ3n) is 2.70. The van der Waals surface area contributed by atoms with Crippen LogP contribution in [0.5, 0.6) is 5.75 Å². The molecule has 1 heterocycles. The number of aromatic carboxylic acids is 1. The zero-order valence-electron chi connectivity index (χ0n) is 14.2. The molecular weight excluding hydrogens is 363 g/mol. The lowest BCUT2D eigenvalue weighted by Crippen LogP contribution is -2.22. The Bertz CT molecular complexity index is 610. The Balaban J connectivity index is 0.000000758. The van der Waals surface area contributed by atoms with E-state index in [2.05, 4.69) is 15.3 Å². The minimum atomic E-state index is -5.08. The number of alkyl halides is 3. The molecule has 0 saturated heterocycles. The number of aliphatic hydroxyl groups excluding tert-OH is 1. The number of hydrogen-bond acceptors (Lipinski definition) is 7. The average Bonchev–Trinajstić information content (AvgIpc) is 2.51. The van der Waals surface area contributed by atoms with E-state index in [1.807, 2.05) is 13.8 Å². The fraction of sp³-hybridized carbons (Fsp3) is 0.571. The van der Waals surface area contributed by atoms with Crippen molar-refractivity contribution in [2.75, 3.05) is 19.0 Å². The molecule has 0 aliphatic heterocycles. The summed E-state index contributed by atoms with van der Waals surface area (Å²) in [5.74, 6) is -3.25. The van der Waals surface area contributed by atoms with Crippen LogP contribution in [0.3, 0.4) is 0 Å². The van der Waals surface area contributed by atoms with Gasteiger partial charge in [-0.2, -0.15) is 13.2 Å². The maximum atomic E-state index is 11.0. The van der Waals surface area contributed by atoms with Crippen molar-refractivity contribution in [3.63, 3.8) is 0 Å². The van der Waals surface area contributed by atoms with E-state index in [1.54, 1.807) is 0 Å². The highest BCUT2D eigenvalue weighted by atomic mass is 19.4. The first-order chi connectivity index (χ1) is 11.9. The maximum absolute atomic E-state index is 11.0. The second-order valence-electron chi connectivity index (χ2n) is 5.38. The minimum Gasteiger partial charge on any atom is -0.491 e. The van der Waals surface area contributed by atoms with Crippen LogP contribution in [0.4, 0.5) is 19.0 Å². The molecule has 1 aromatic rings. The number of rotatable bonds is 7. The van der Waals surface area contributed by atoms with Gasteiger partial charge in [0, 0.05) is 6.54 Å². The highest BCUT2D eigenvalue weighted by molar-refractivity contribution is 5.90. The van der Waals surface area contributed by atoms with Gasteiger partial charge in [0.2, 0.25) is 0 Å². The van der Waals surface area contributed by atoms with Crippen molar-refractivity contribution >= 4 is 17.8 Å². The predicted octanol–water partition coefficient (Wildman–Crippen LogP) is 1.64. The van der Waals surface area contributed by atoms with Crippen LogP contribution < -0.4 is 10.1 Å². The fourth-order valence-corrected chi connectivity index (χ4v) is 1.69. The number of carboxylic acids is 2. The van der Waals surface area contributed by atoms with Crippen LogP contribution in [-0.2, 0) is 4.79 Å². The topological polar surface area (TPSA) is 142 Å². The number of aromatic nitrogens is 2. The quantitative estimate of drug-likeness (QED) is 0.552. The molecule has 9 nitrogen and oxygen atoms in total. The van der Waals surface area contributed by atoms with Crippen LogP contribution in [0.2, 0.25) is 0 Å². The van der Waals surface area contributed by atoms with Gasteiger partial charge in [0.05, 0.1) is 13.2 Å². The first-order valence-corrected chi connectivity index (χ1v) is 7.24. The van der Waals surface area contributed by atoms with Crippen molar-refractivity contribution in [2.45, 2.75) is 32.5 Å². The number of halogens is 3. The lowest BCUT2D eigenvalue weighted by molar-refractivity contribution is -0.192. The molecule has 0 bridgehead atoms. The molecule has 1 unspecified atom stereocenters. The number of hydrogen-bond donors (Lipinski definition) is 4. The molecule has 0 aliphatic rings. The molecule has 4 N–H and O–H groups in total. The Kier molecular flexibility index (Phi) is 9.33. The highest BCUT2D eigenvalue weighted by Gasteiger charge is 2.38. The first kappa shape index (κ1) is 23.4. The van der Waals surface area contributed by atoms with Gasteiger partial charge >= 0.3 is 18.1 Å². The van der Waals surface area contributed by atoms with Crippen LogP contribution in [0.15, 0.2) is 6.33 Å². The Morgan fingerprint density at radius 1 is 1.27 bits per heavy atom. The molecule has 0 aliphatic carbocycles. The summed E-state index contributed by atoms with van der Waals surface area (Å²) in [6.07, 6.45) is -3.83. The van der Waals surface area contributed by atoms with Gasteiger partial charge in [-0.25, -0.2) is 19.6 Å². The number of methoxy groups -OCH3 is 1. The van der Waals surface area contributed by atoms with Gasteiger partial charge in [0.1, 0.15) is 6.33 Å². The van der Waals surface area contributed by atoms with E-state index in [0.29, 0.717) is 12.3 Å². The summed E-state index contributed by atoms with van der Waals surface area (Å²) in [4.78, 5) is 27.4. The summed E-state index contributed by atoms with van der Waals surface area (Å²) in [5, 5.41) is 28.7. The maximum Gasteiger partial charge on any atom is 0.490 e. The first-order valence-electron chi connectivity index (χ1n) is 7.24. The zero-order chi connectivity index (χ0) is 20.5. The molecule has 26 heavy (non-hydrogen) atoms. The monoisotopic (exact) mass is 383 g/mol. The second kappa shape index (κ2) is 10.4. The SMILES string of the molecule is COc1c(NCC(O)CC(C)C)ncnc1C(=O)O.O=C(O)C(F)(F)F. The number of anilines is 1. The Morgan fingerprint density at radius 2 is 1.81 bits per heavy atom. The van der Waals surface area contributed by atoms with Crippen molar-refractivity contribution in [2.24, 2.45) is 5.92 Å². The van der Waals surface area contributed by atoms with E-state index < -0.39 is 24.2 Å². The Hall–Kier alpha value is -2.63. The summed E-state index contributed by atoms with van der Waals surface area (Å²) in [5.41, 5.74) is -0.210. The van der Waals surface area contributed by atoms with Crippen molar-refractivity contribution in [3.8, 4) is 5.75 Å². The molecule has 0 fully saturated rings. The summed E-state index contributed by atoms with van der Waals surface area (Å²) >= 11 is 0. The molecule has 0 saturated carbocycles. The van der Waals surface area contributed by atoms with Gasteiger partial charge in [-0.3, -0.25) is 0 Å². The molecule has 1 rings (SSSR count). The fourth-order valence-electron chi connectivity index (χ4n) is 1.69. The minimum absolute atomic E-state index is 0.0618. The molecule has 1 atom stereocenters. The third-order valence-corrected chi connectivity index (χ3v) is 2.70. The molecule has 0 amide bonds. The molecule has 0 radical (unpaired) electrons. The van der Waals surface area contributed by atoms with E-state index in [-0.39, 0.29) is 23.8 Å². The van der Waals surface area contributed by atoms with E-state index in [0.717, 1.165) is 6.33 Å². The molecular formula is C14H20F3N3O6. The van der Waals surface area contributed by atoms with Crippen LogP contribution >= 0.6 is 0 Å². The van der Waals surface area contributed by atoms with Gasteiger partial charge in [-0.1, -0.05) is 13.8 Å².